The lowest BCUT2D eigenvalue weighted by Crippen LogP contribution is -2.54. The molecule has 4 rings (SSSR count). The Morgan fingerprint density at radius 3 is 2.69 bits per heavy atom. The van der Waals surface area contributed by atoms with Crippen LogP contribution in [-0.2, 0) is 27.0 Å². The summed E-state index contributed by atoms with van der Waals surface area (Å²) in [5.74, 6) is -0.371. The Morgan fingerprint density at radius 1 is 1.22 bits per heavy atom. The summed E-state index contributed by atoms with van der Waals surface area (Å²) in [7, 11) is -3.68. The maximum Gasteiger partial charge on any atom is 0.335 e. The molecule has 1 amide bonds. The summed E-state index contributed by atoms with van der Waals surface area (Å²) >= 11 is 0. The largest absolute Gasteiger partial charge is 0.495 e. The number of halogens is 2. The van der Waals surface area contributed by atoms with Crippen LogP contribution >= 0.6 is 0 Å². The second kappa shape index (κ2) is 10.3. The van der Waals surface area contributed by atoms with Crippen molar-refractivity contribution in [3.8, 4) is 11.5 Å². The number of nitrogens with one attached hydrogen (secondary N) is 1. The minimum atomic E-state index is -4.94. The van der Waals surface area contributed by atoms with E-state index in [2.05, 4.69) is 12.2 Å². The Kier molecular flexibility index (Phi) is 7.56. The number of piperidine rings is 1. The molecule has 0 aliphatic carbocycles. The van der Waals surface area contributed by atoms with Crippen LogP contribution in [0.3, 0.4) is 0 Å². The first-order valence-corrected chi connectivity index (χ1v) is 13.6. The molecule has 2 aromatic carbocycles. The molecule has 0 saturated carbocycles. The molecule has 1 fully saturated rings. The highest BCUT2D eigenvalue weighted by Crippen LogP contribution is 2.44. The van der Waals surface area contributed by atoms with Crippen LogP contribution in [0.15, 0.2) is 35.2 Å². The van der Waals surface area contributed by atoms with Crippen molar-refractivity contribution in [1.82, 2.24) is 4.90 Å². The van der Waals surface area contributed by atoms with Crippen molar-refractivity contribution in [2.75, 3.05) is 25.5 Å². The zero-order valence-electron chi connectivity index (χ0n) is 20.8. The van der Waals surface area contributed by atoms with E-state index < -0.39 is 20.7 Å². The van der Waals surface area contributed by atoms with Crippen molar-refractivity contribution in [2.45, 2.75) is 68.9 Å². The van der Waals surface area contributed by atoms with E-state index in [0.29, 0.717) is 42.9 Å². The minimum Gasteiger partial charge on any atom is -0.495 e. The molecule has 2 aliphatic rings. The minimum absolute atomic E-state index is 0.148. The number of anilines is 1. The van der Waals surface area contributed by atoms with Gasteiger partial charge < -0.3 is 14.8 Å². The van der Waals surface area contributed by atoms with Crippen LogP contribution < -0.4 is 14.8 Å². The van der Waals surface area contributed by atoms with Crippen LogP contribution in [0.5, 0.6) is 11.5 Å². The maximum atomic E-state index is 14.7. The molecule has 1 N–H and O–H groups in total. The van der Waals surface area contributed by atoms with Gasteiger partial charge in [0.05, 0.1) is 7.11 Å². The van der Waals surface area contributed by atoms with Gasteiger partial charge in [-0.25, -0.2) is 4.39 Å². The van der Waals surface area contributed by atoms with Crippen molar-refractivity contribution in [1.29, 1.82) is 0 Å². The van der Waals surface area contributed by atoms with Crippen LogP contribution in [0.4, 0.5) is 14.0 Å². The number of carbonyl (C=O) groups excluding carboxylic acids is 1. The van der Waals surface area contributed by atoms with Crippen molar-refractivity contribution in [3.63, 3.8) is 0 Å². The number of methoxy groups -OCH3 is 1. The zero-order chi connectivity index (χ0) is 26.1. The van der Waals surface area contributed by atoms with E-state index in [4.69, 9.17) is 9.47 Å². The second-order valence-electron chi connectivity index (χ2n) is 9.55. The molecule has 0 bridgehead atoms. The topological polar surface area (TPSA) is 84.9 Å². The monoisotopic (exact) mass is 522 g/mol. The van der Waals surface area contributed by atoms with Crippen LogP contribution in [0.25, 0.3) is 0 Å². The number of aryl methyl sites for hydroxylation is 1. The number of hydrogen-bond donors (Lipinski definition) is 1. The SMILES string of the molecule is CCCCCc1cc(F)cc2c1NC(=O)[C@]2(C)N1CCC[C@@H](Oc2ccc(S(=O)(=O)F)c(OC)c2)C1. The fourth-order valence-corrected chi connectivity index (χ4v) is 5.80. The van der Waals surface area contributed by atoms with Gasteiger partial charge in [0.2, 0.25) is 5.91 Å². The lowest BCUT2D eigenvalue weighted by atomic mass is 9.87. The molecule has 0 radical (unpaired) electrons. The fourth-order valence-electron chi connectivity index (χ4n) is 5.18. The summed E-state index contributed by atoms with van der Waals surface area (Å²) in [6.07, 6.45) is 4.84. The molecule has 7 nitrogen and oxygen atoms in total. The summed E-state index contributed by atoms with van der Waals surface area (Å²) in [4.78, 5) is 14.7. The van der Waals surface area contributed by atoms with Crippen molar-refractivity contribution >= 4 is 21.8 Å². The molecule has 0 aromatic heterocycles. The van der Waals surface area contributed by atoms with E-state index in [1.165, 1.54) is 31.4 Å². The third-order valence-electron chi connectivity index (χ3n) is 7.15. The van der Waals surface area contributed by atoms with Gasteiger partial charge >= 0.3 is 10.2 Å². The molecule has 10 heteroatoms. The van der Waals surface area contributed by atoms with Crippen molar-refractivity contribution < 1.29 is 31.0 Å². The first-order chi connectivity index (χ1) is 17.1. The van der Waals surface area contributed by atoms with Crippen molar-refractivity contribution in [3.05, 3.63) is 47.3 Å². The molecule has 2 aliphatic heterocycles. The van der Waals surface area contributed by atoms with Gasteiger partial charge in [0.25, 0.3) is 0 Å². The van der Waals surface area contributed by atoms with Gasteiger partial charge in [0, 0.05) is 23.9 Å². The smallest absolute Gasteiger partial charge is 0.335 e. The first-order valence-electron chi connectivity index (χ1n) is 12.3. The third kappa shape index (κ3) is 5.06. The summed E-state index contributed by atoms with van der Waals surface area (Å²) < 4.78 is 62.0. The quantitative estimate of drug-likeness (QED) is 0.371. The third-order valence-corrected chi connectivity index (χ3v) is 8.01. The zero-order valence-corrected chi connectivity index (χ0v) is 21.6. The summed E-state index contributed by atoms with van der Waals surface area (Å²) in [6, 6.07) is 6.78. The number of rotatable bonds is 9. The molecule has 0 spiro atoms. The van der Waals surface area contributed by atoms with Gasteiger partial charge in [0.15, 0.2) is 0 Å². The number of amides is 1. The Bertz CT molecular complexity index is 1250. The van der Waals surface area contributed by atoms with E-state index in [9.17, 15) is 21.5 Å². The standard InChI is InChI=1S/C26H32F2N2O5S/c1-4-5-6-8-17-13-18(27)14-21-24(17)29-25(31)26(21,2)30-12-7-9-20(16-30)35-19-10-11-23(36(28,32)33)22(15-19)34-3/h10-11,13-15,20H,4-9,12,16H2,1-3H3,(H,29,31)/t20-,26-/m1/s1. The number of hydrogen-bond acceptors (Lipinski definition) is 6. The van der Waals surface area contributed by atoms with Gasteiger partial charge in [-0.2, -0.15) is 8.42 Å². The Hall–Kier alpha value is -2.72. The summed E-state index contributed by atoms with van der Waals surface area (Å²) in [5, 5.41) is 3.01. The Labute approximate surface area is 211 Å². The van der Waals surface area contributed by atoms with Crippen LogP contribution in [0, 0.1) is 5.82 Å². The predicted molar refractivity (Wildman–Crippen MR) is 132 cm³/mol. The lowest BCUT2D eigenvalue weighted by molar-refractivity contribution is -0.128. The van der Waals surface area contributed by atoms with E-state index in [1.807, 2.05) is 11.8 Å². The first kappa shape index (κ1) is 26.3. The number of unbranched alkanes of at least 4 members (excludes halogenated alkanes) is 2. The summed E-state index contributed by atoms with van der Waals surface area (Å²) in [6.45, 7) is 4.95. The lowest BCUT2D eigenvalue weighted by Gasteiger charge is -2.42. The predicted octanol–water partition coefficient (Wildman–Crippen LogP) is 4.94. The highest BCUT2D eigenvalue weighted by Gasteiger charge is 2.49. The molecule has 2 atom stereocenters. The van der Waals surface area contributed by atoms with Gasteiger partial charge in [0.1, 0.15) is 33.9 Å². The van der Waals surface area contributed by atoms with Gasteiger partial charge in [-0.1, -0.05) is 19.8 Å². The maximum absolute atomic E-state index is 14.7. The average molecular weight is 523 g/mol. The molecular weight excluding hydrogens is 490 g/mol. The van der Waals surface area contributed by atoms with Gasteiger partial charge in [-0.05, 0) is 69.0 Å². The fraction of sp³-hybridized carbons (Fsp3) is 0.500. The van der Waals surface area contributed by atoms with E-state index >= 15 is 0 Å². The molecule has 1 saturated heterocycles. The second-order valence-corrected chi connectivity index (χ2v) is 10.9. The molecule has 36 heavy (non-hydrogen) atoms. The Balaban J connectivity index is 1.57. The van der Waals surface area contributed by atoms with Crippen LogP contribution in [0.1, 0.15) is 57.1 Å². The average Bonchev–Trinajstić information content (AvgIpc) is 3.09. The number of likely N-dealkylation sites (tertiary alicyclic amines) is 1. The van der Waals surface area contributed by atoms with Gasteiger partial charge in [-0.15, -0.1) is 3.89 Å². The summed E-state index contributed by atoms with van der Waals surface area (Å²) in [5.41, 5.74) is 1.10. The molecule has 2 aromatic rings. The molecule has 0 unspecified atom stereocenters. The molecule has 2 heterocycles. The van der Waals surface area contributed by atoms with E-state index in [-0.39, 0.29) is 23.6 Å². The molecule has 196 valence electrons. The number of fused-ring (bicyclic) bond motifs is 1. The number of benzene rings is 2. The Morgan fingerprint density at radius 2 is 2.00 bits per heavy atom. The molecular formula is C26H32F2N2O5S. The number of ether oxygens (including phenoxy) is 2. The van der Waals surface area contributed by atoms with Crippen molar-refractivity contribution in [2.24, 2.45) is 0 Å². The highest BCUT2D eigenvalue weighted by molar-refractivity contribution is 7.86. The van der Waals surface area contributed by atoms with Crippen LogP contribution in [0.2, 0.25) is 0 Å². The van der Waals surface area contributed by atoms with E-state index in [1.54, 1.807) is 0 Å². The number of carbonyl (C=O) groups is 1. The highest BCUT2D eigenvalue weighted by atomic mass is 32.3. The van der Waals surface area contributed by atoms with E-state index in [0.717, 1.165) is 37.3 Å². The van der Waals surface area contributed by atoms with Crippen LogP contribution in [-0.4, -0.2) is 45.5 Å². The normalized spacial score (nSPS) is 22.2. The van der Waals surface area contributed by atoms with Gasteiger partial charge in [-0.3, -0.25) is 9.69 Å². The number of nitrogens with zero attached hydrogens (tertiary/aromatic N) is 1.